The summed E-state index contributed by atoms with van der Waals surface area (Å²) in [6.07, 6.45) is 14.3. The maximum atomic E-state index is 3.95. The van der Waals surface area contributed by atoms with E-state index >= 15 is 0 Å². The molecule has 0 aromatic carbocycles. The molecule has 3 atom stereocenters. The molecule has 0 aromatic heterocycles. The average Bonchev–Trinajstić information content (AvgIpc) is 2.87. The molecule has 3 unspecified atom stereocenters. The maximum absolute atomic E-state index is 3.95. The van der Waals surface area contributed by atoms with Crippen LogP contribution in [0.15, 0.2) is 0 Å². The lowest BCUT2D eigenvalue weighted by Gasteiger charge is -2.43. The fraction of sp³-hybridized carbons (Fsp3) is 1.00. The summed E-state index contributed by atoms with van der Waals surface area (Å²) >= 11 is 0. The number of nitrogens with one attached hydrogen (secondary N) is 1. The standard InChI is InChI=1S/C19H37N/c1-5-6-7-8-9-10-11-14-20-17-18(2,3)16-12-13-19(17,4)15-16/h16-17,20H,5-15H2,1-4H3. The van der Waals surface area contributed by atoms with Crippen molar-refractivity contribution >= 4 is 0 Å². The normalized spacial score (nSPS) is 34.8. The zero-order valence-corrected chi connectivity index (χ0v) is 14.4. The molecule has 2 aliphatic carbocycles. The predicted octanol–water partition coefficient (Wildman–Crippen LogP) is 5.54. The van der Waals surface area contributed by atoms with E-state index in [-0.39, 0.29) is 0 Å². The summed E-state index contributed by atoms with van der Waals surface area (Å²) in [5.74, 6) is 0.971. The maximum Gasteiger partial charge on any atom is 0.0175 e. The molecule has 0 aliphatic heterocycles. The van der Waals surface area contributed by atoms with E-state index in [0.29, 0.717) is 10.8 Å². The minimum Gasteiger partial charge on any atom is -0.313 e. The molecule has 2 saturated carbocycles. The summed E-state index contributed by atoms with van der Waals surface area (Å²) < 4.78 is 0. The SMILES string of the molecule is CCCCCCCCCNC1C2(C)CCC(C2)C1(C)C. The second kappa shape index (κ2) is 6.81. The molecule has 2 fully saturated rings. The molecule has 1 heteroatoms. The van der Waals surface area contributed by atoms with Crippen LogP contribution >= 0.6 is 0 Å². The van der Waals surface area contributed by atoms with Crippen molar-refractivity contribution in [2.24, 2.45) is 16.7 Å². The third kappa shape index (κ3) is 3.40. The molecule has 1 nitrogen and oxygen atoms in total. The van der Waals surface area contributed by atoms with Crippen LogP contribution in [0.5, 0.6) is 0 Å². The number of hydrogen-bond acceptors (Lipinski definition) is 1. The number of hydrogen-bond donors (Lipinski definition) is 1. The Hall–Kier alpha value is -0.0400. The average molecular weight is 280 g/mol. The molecule has 1 N–H and O–H groups in total. The van der Waals surface area contributed by atoms with Crippen LogP contribution in [-0.4, -0.2) is 12.6 Å². The van der Waals surface area contributed by atoms with Gasteiger partial charge < -0.3 is 5.32 Å². The van der Waals surface area contributed by atoms with Crippen LogP contribution in [0.2, 0.25) is 0 Å². The Kier molecular flexibility index (Phi) is 5.56. The van der Waals surface area contributed by atoms with E-state index in [4.69, 9.17) is 0 Å². The smallest absolute Gasteiger partial charge is 0.0175 e. The van der Waals surface area contributed by atoms with Crippen molar-refractivity contribution in [1.29, 1.82) is 0 Å². The highest BCUT2D eigenvalue weighted by Crippen LogP contribution is 2.62. The zero-order valence-electron chi connectivity index (χ0n) is 14.4. The molecule has 0 heterocycles. The van der Waals surface area contributed by atoms with Crippen LogP contribution in [0.4, 0.5) is 0 Å². The molecular weight excluding hydrogens is 242 g/mol. The lowest BCUT2D eigenvalue weighted by Crippen LogP contribution is -2.50. The number of rotatable bonds is 9. The van der Waals surface area contributed by atoms with Crippen LogP contribution in [0, 0.1) is 16.7 Å². The van der Waals surface area contributed by atoms with Crippen LogP contribution in [0.3, 0.4) is 0 Å². The fourth-order valence-corrected chi connectivity index (χ4v) is 5.14. The molecule has 2 aliphatic rings. The summed E-state index contributed by atoms with van der Waals surface area (Å²) in [7, 11) is 0. The van der Waals surface area contributed by atoms with Gasteiger partial charge in [0.25, 0.3) is 0 Å². The van der Waals surface area contributed by atoms with Gasteiger partial charge in [-0.25, -0.2) is 0 Å². The summed E-state index contributed by atoms with van der Waals surface area (Å²) in [6.45, 7) is 11.1. The number of fused-ring (bicyclic) bond motifs is 2. The van der Waals surface area contributed by atoms with Crippen LogP contribution in [0.25, 0.3) is 0 Å². The van der Waals surface area contributed by atoms with Crippen molar-refractivity contribution in [3.63, 3.8) is 0 Å². The first-order chi connectivity index (χ1) is 9.50. The Morgan fingerprint density at radius 2 is 1.60 bits per heavy atom. The van der Waals surface area contributed by atoms with Crippen LogP contribution < -0.4 is 5.32 Å². The van der Waals surface area contributed by atoms with Gasteiger partial charge in [0.2, 0.25) is 0 Å². The van der Waals surface area contributed by atoms with Crippen molar-refractivity contribution in [3.05, 3.63) is 0 Å². The van der Waals surface area contributed by atoms with E-state index in [1.807, 2.05) is 0 Å². The van der Waals surface area contributed by atoms with Gasteiger partial charge >= 0.3 is 0 Å². The molecular formula is C19H37N. The molecule has 0 saturated heterocycles. The molecule has 2 bridgehead atoms. The lowest BCUT2D eigenvalue weighted by atomic mass is 9.68. The molecule has 2 rings (SSSR count). The molecule has 0 radical (unpaired) electrons. The first-order valence-corrected chi connectivity index (χ1v) is 9.24. The van der Waals surface area contributed by atoms with E-state index in [2.05, 4.69) is 33.0 Å². The first kappa shape index (κ1) is 16.3. The quantitative estimate of drug-likeness (QED) is 0.546. The summed E-state index contributed by atoms with van der Waals surface area (Å²) in [4.78, 5) is 0. The Balaban J connectivity index is 1.62. The van der Waals surface area contributed by atoms with Crippen molar-refractivity contribution in [2.45, 2.75) is 97.9 Å². The van der Waals surface area contributed by atoms with Gasteiger partial charge in [-0.05, 0) is 49.0 Å². The minimum absolute atomic E-state index is 0.522. The fourth-order valence-electron chi connectivity index (χ4n) is 5.14. The molecule has 0 aromatic rings. The highest BCUT2D eigenvalue weighted by atomic mass is 15.0. The lowest BCUT2D eigenvalue weighted by molar-refractivity contribution is 0.109. The van der Waals surface area contributed by atoms with Crippen molar-refractivity contribution in [3.8, 4) is 0 Å². The monoisotopic (exact) mass is 279 g/mol. The Bertz CT molecular complexity index is 291. The summed E-state index contributed by atoms with van der Waals surface area (Å²) in [5, 5.41) is 3.95. The van der Waals surface area contributed by atoms with Crippen molar-refractivity contribution < 1.29 is 0 Å². The molecule has 118 valence electrons. The third-order valence-corrected chi connectivity index (χ3v) is 6.40. The minimum atomic E-state index is 0.522. The van der Waals surface area contributed by atoms with Gasteiger partial charge in [0.15, 0.2) is 0 Å². The van der Waals surface area contributed by atoms with Gasteiger partial charge in [-0.2, -0.15) is 0 Å². The molecule has 0 spiro atoms. The van der Waals surface area contributed by atoms with Gasteiger partial charge in [-0.3, -0.25) is 0 Å². The first-order valence-electron chi connectivity index (χ1n) is 9.24. The Morgan fingerprint density at radius 3 is 2.20 bits per heavy atom. The zero-order chi connectivity index (χ0) is 14.6. The topological polar surface area (TPSA) is 12.0 Å². The molecule has 0 amide bonds. The molecule has 20 heavy (non-hydrogen) atoms. The highest BCUT2D eigenvalue weighted by molar-refractivity contribution is 5.11. The second-order valence-electron chi connectivity index (χ2n) is 8.42. The van der Waals surface area contributed by atoms with Gasteiger partial charge in [-0.1, -0.05) is 66.2 Å². The highest BCUT2D eigenvalue weighted by Gasteiger charge is 2.58. The predicted molar refractivity (Wildman–Crippen MR) is 89.0 cm³/mol. The Morgan fingerprint density at radius 1 is 0.950 bits per heavy atom. The van der Waals surface area contributed by atoms with E-state index in [1.54, 1.807) is 0 Å². The second-order valence-corrected chi connectivity index (χ2v) is 8.42. The van der Waals surface area contributed by atoms with E-state index in [9.17, 15) is 0 Å². The number of unbranched alkanes of at least 4 members (excludes halogenated alkanes) is 6. The van der Waals surface area contributed by atoms with Crippen LogP contribution in [0.1, 0.15) is 91.9 Å². The van der Waals surface area contributed by atoms with Crippen LogP contribution in [-0.2, 0) is 0 Å². The van der Waals surface area contributed by atoms with E-state index < -0.39 is 0 Å². The van der Waals surface area contributed by atoms with Gasteiger partial charge in [0.1, 0.15) is 0 Å². The van der Waals surface area contributed by atoms with E-state index in [1.165, 1.54) is 70.8 Å². The Labute approximate surface area is 127 Å². The van der Waals surface area contributed by atoms with Gasteiger partial charge in [0, 0.05) is 6.04 Å². The summed E-state index contributed by atoms with van der Waals surface area (Å²) in [6, 6.07) is 0.758. The van der Waals surface area contributed by atoms with Crippen molar-refractivity contribution in [1.82, 2.24) is 5.32 Å². The van der Waals surface area contributed by atoms with Crippen molar-refractivity contribution in [2.75, 3.05) is 6.54 Å². The van der Waals surface area contributed by atoms with Gasteiger partial charge in [-0.15, -0.1) is 0 Å². The largest absolute Gasteiger partial charge is 0.313 e. The summed E-state index contributed by atoms with van der Waals surface area (Å²) in [5.41, 5.74) is 1.11. The third-order valence-electron chi connectivity index (χ3n) is 6.40. The van der Waals surface area contributed by atoms with Gasteiger partial charge in [0.05, 0.1) is 0 Å². The van der Waals surface area contributed by atoms with E-state index in [0.717, 1.165) is 12.0 Å².